The second kappa shape index (κ2) is 7.00. The van der Waals surface area contributed by atoms with Crippen LogP contribution in [0.25, 0.3) is 0 Å². The number of hydrogen-bond donors (Lipinski definition) is 0. The Morgan fingerprint density at radius 1 is 1.23 bits per heavy atom. The summed E-state index contributed by atoms with van der Waals surface area (Å²) in [5, 5.41) is 2.12. The number of methoxy groups -OCH3 is 2. The van der Waals surface area contributed by atoms with E-state index in [1.807, 2.05) is 48.3 Å². The van der Waals surface area contributed by atoms with Gasteiger partial charge in [0.05, 0.1) is 31.0 Å². The lowest BCUT2D eigenvalue weighted by Crippen LogP contribution is -2.28. The van der Waals surface area contributed by atoms with Crippen molar-refractivity contribution in [2.45, 2.75) is 24.3 Å². The maximum Gasteiger partial charge on any atom is 0.179 e. The number of rotatable bonds is 4. The molecule has 7 heteroatoms. The predicted molar refractivity (Wildman–Crippen MR) is 105 cm³/mol. The number of fused-ring (bicyclic) bond motifs is 1. The summed E-state index contributed by atoms with van der Waals surface area (Å²) in [6, 6.07) is 9.87. The molecule has 0 unspecified atom stereocenters. The van der Waals surface area contributed by atoms with Gasteiger partial charge in [0.25, 0.3) is 0 Å². The maximum atomic E-state index is 6.48. The van der Waals surface area contributed by atoms with Crippen molar-refractivity contribution in [3.8, 4) is 11.5 Å². The SMILES string of the molecule is COc1cc([C@H]2[C@H](c3ccccn3)N=C3S[C@@H](C)CN32)cc(Cl)c1OC. The molecule has 2 aromatic rings. The van der Waals surface area contributed by atoms with E-state index in [4.69, 9.17) is 26.1 Å². The molecule has 3 atom stereocenters. The van der Waals surface area contributed by atoms with Gasteiger partial charge in [0.1, 0.15) is 6.04 Å². The Hall–Kier alpha value is -1.92. The molecule has 0 amide bonds. The zero-order valence-electron chi connectivity index (χ0n) is 14.8. The van der Waals surface area contributed by atoms with Crippen LogP contribution in [-0.2, 0) is 0 Å². The van der Waals surface area contributed by atoms with E-state index >= 15 is 0 Å². The maximum absolute atomic E-state index is 6.48. The molecule has 0 radical (unpaired) electrons. The predicted octanol–water partition coefficient (Wildman–Crippen LogP) is 4.34. The van der Waals surface area contributed by atoms with Crippen LogP contribution in [-0.4, -0.2) is 41.1 Å². The van der Waals surface area contributed by atoms with E-state index in [0.29, 0.717) is 21.8 Å². The summed E-state index contributed by atoms with van der Waals surface area (Å²) in [5.74, 6) is 1.18. The highest BCUT2D eigenvalue weighted by Gasteiger charge is 2.43. The van der Waals surface area contributed by atoms with Crippen molar-refractivity contribution in [3.05, 3.63) is 52.8 Å². The molecule has 1 fully saturated rings. The average molecular weight is 390 g/mol. The van der Waals surface area contributed by atoms with Crippen molar-refractivity contribution >= 4 is 28.5 Å². The fourth-order valence-electron chi connectivity index (χ4n) is 3.59. The molecule has 136 valence electrons. The lowest BCUT2D eigenvalue weighted by molar-refractivity contribution is 0.317. The summed E-state index contributed by atoms with van der Waals surface area (Å²) >= 11 is 8.29. The second-order valence-corrected chi connectivity index (χ2v) is 8.19. The van der Waals surface area contributed by atoms with Crippen LogP contribution in [0.3, 0.4) is 0 Å². The van der Waals surface area contributed by atoms with Gasteiger partial charge in [0.2, 0.25) is 0 Å². The van der Waals surface area contributed by atoms with Crippen LogP contribution < -0.4 is 9.47 Å². The van der Waals surface area contributed by atoms with Gasteiger partial charge in [-0.1, -0.05) is 36.4 Å². The zero-order valence-corrected chi connectivity index (χ0v) is 16.4. The third-order valence-corrected chi connectivity index (χ3v) is 6.06. The molecule has 0 spiro atoms. The van der Waals surface area contributed by atoms with Crippen LogP contribution in [0.15, 0.2) is 41.5 Å². The van der Waals surface area contributed by atoms with Crippen LogP contribution in [0.1, 0.15) is 30.3 Å². The van der Waals surface area contributed by atoms with Crippen LogP contribution in [0.5, 0.6) is 11.5 Å². The third kappa shape index (κ3) is 2.91. The van der Waals surface area contributed by atoms with Gasteiger partial charge in [-0.15, -0.1) is 0 Å². The van der Waals surface area contributed by atoms with Crippen LogP contribution in [0.4, 0.5) is 0 Å². The molecule has 4 rings (SSSR count). The van der Waals surface area contributed by atoms with Crippen LogP contribution in [0, 0.1) is 0 Å². The Kier molecular flexibility index (Phi) is 4.71. The van der Waals surface area contributed by atoms with E-state index in [1.165, 1.54) is 0 Å². The first-order valence-electron chi connectivity index (χ1n) is 8.45. The van der Waals surface area contributed by atoms with Gasteiger partial charge in [-0.05, 0) is 29.8 Å². The quantitative estimate of drug-likeness (QED) is 0.778. The number of ether oxygens (including phenoxy) is 2. The molecule has 0 aliphatic carbocycles. The van der Waals surface area contributed by atoms with Gasteiger partial charge >= 0.3 is 0 Å². The molecule has 1 aromatic heterocycles. The molecule has 0 saturated carbocycles. The first-order chi connectivity index (χ1) is 12.6. The minimum Gasteiger partial charge on any atom is -0.493 e. The highest BCUT2D eigenvalue weighted by atomic mass is 35.5. The van der Waals surface area contributed by atoms with Gasteiger partial charge in [-0.25, -0.2) is 0 Å². The first kappa shape index (κ1) is 17.5. The molecular weight excluding hydrogens is 370 g/mol. The van der Waals surface area contributed by atoms with Crippen molar-refractivity contribution in [2.24, 2.45) is 4.99 Å². The van der Waals surface area contributed by atoms with Crippen LogP contribution >= 0.6 is 23.4 Å². The fraction of sp³-hybridized carbons (Fsp3) is 0.368. The summed E-state index contributed by atoms with van der Waals surface area (Å²) in [5.41, 5.74) is 2.01. The largest absolute Gasteiger partial charge is 0.493 e. The van der Waals surface area contributed by atoms with E-state index in [2.05, 4.69) is 16.8 Å². The van der Waals surface area contributed by atoms with E-state index in [0.717, 1.165) is 23.0 Å². The van der Waals surface area contributed by atoms with Gasteiger partial charge in [-0.3, -0.25) is 9.98 Å². The summed E-state index contributed by atoms with van der Waals surface area (Å²) in [6.45, 7) is 3.17. The summed E-state index contributed by atoms with van der Waals surface area (Å²) in [4.78, 5) is 11.9. The summed E-state index contributed by atoms with van der Waals surface area (Å²) in [7, 11) is 3.22. The Bertz CT molecular complexity index is 846. The molecule has 2 aliphatic rings. The van der Waals surface area contributed by atoms with Gasteiger partial charge < -0.3 is 14.4 Å². The number of nitrogens with zero attached hydrogens (tertiary/aromatic N) is 3. The lowest BCUT2D eigenvalue weighted by Gasteiger charge is -2.28. The van der Waals surface area contributed by atoms with Crippen LogP contribution in [0.2, 0.25) is 5.02 Å². The Morgan fingerprint density at radius 2 is 2.08 bits per heavy atom. The standard InChI is InChI=1S/C19H20ClN3O2S/c1-11-10-23-17(12-8-13(20)18(25-3)15(9-12)24-2)16(22-19(23)26-11)14-6-4-5-7-21-14/h4-9,11,16-17H,10H2,1-3H3/t11-,16-,17-/m0/s1. The molecule has 26 heavy (non-hydrogen) atoms. The summed E-state index contributed by atoms with van der Waals surface area (Å²) < 4.78 is 10.9. The number of amidine groups is 1. The Labute approximate surface area is 162 Å². The van der Waals surface area contributed by atoms with E-state index in [1.54, 1.807) is 14.2 Å². The normalized spacial score (nSPS) is 24.4. The number of pyridine rings is 1. The van der Waals surface area contributed by atoms with E-state index in [-0.39, 0.29) is 12.1 Å². The Balaban J connectivity index is 1.81. The number of benzene rings is 1. The number of thioether (sulfide) groups is 1. The molecule has 0 bridgehead atoms. The molecule has 5 nitrogen and oxygen atoms in total. The van der Waals surface area contributed by atoms with Gasteiger partial charge in [-0.2, -0.15) is 0 Å². The van der Waals surface area contributed by atoms with Gasteiger partial charge in [0, 0.05) is 18.0 Å². The molecular formula is C19H20ClN3O2S. The van der Waals surface area contributed by atoms with Crippen molar-refractivity contribution in [3.63, 3.8) is 0 Å². The van der Waals surface area contributed by atoms with E-state index < -0.39 is 0 Å². The highest BCUT2D eigenvalue weighted by molar-refractivity contribution is 8.14. The zero-order chi connectivity index (χ0) is 18.3. The first-order valence-corrected chi connectivity index (χ1v) is 9.71. The molecule has 1 aromatic carbocycles. The third-order valence-electron chi connectivity index (χ3n) is 4.68. The second-order valence-electron chi connectivity index (χ2n) is 6.38. The smallest absolute Gasteiger partial charge is 0.179 e. The van der Waals surface area contributed by atoms with E-state index in [9.17, 15) is 0 Å². The topological polar surface area (TPSA) is 47.0 Å². The monoisotopic (exact) mass is 389 g/mol. The van der Waals surface area contributed by atoms with Crippen molar-refractivity contribution in [1.29, 1.82) is 0 Å². The Morgan fingerprint density at radius 3 is 2.77 bits per heavy atom. The molecule has 1 saturated heterocycles. The fourth-order valence-corrected chi connectivity index (χ4v) is 4.98. The number of hydrogen-bond acceptors (Lipinski definition) is 6. The van der Waals surface area contributed by atoms with Crippen molar-refractivity contribution < 1.29 is 9.47 Å². The minimum atomic E-state index is -0.0691. The number of aliphatic imine (C=N–C) groups is 1. The average Bonchev–Trinajstić information content (AvgIpc) is 3.17. The minimum absolute atomic E-state index is 0.0367. The molecule has 3 heterocycles. The number of halogens is 1. The molecule has 0 N–H and O–H groups in total. The van der Waals surface area contributed by atoms with Crippen molar-refractivity contribution in [2.75, 3.05) is 20.8 Å². The highest BCUT2D eigenvalue weighted by Crippen LogP contribution is 2.49. The van der Waals surface area contributed by atoms with Crippen molar-refractivity contribution in [1.82, 2.24) is 9.88 Å². The lowest BCUT2D eigenvalue weighted by atomic mass is 9.96. The summed E-state index contributed by atoms with van der Waals surface area (Å²) in [6.07, 6.45) is 1.81. The number of aromatic nitrogens is 1. The van der Waals surface area contributed by atoms with Gasteiger partial charge in [0.15, 0.2) is 16.7 Å². The molecule has 2 aliphatic heterocycles.